The molecular formula is C16H11Cl4N5OS. The number of aromatic nitrogens is 3. The summed E-state index contributed by atoms with van der Waals surface area (Å²) in [5.41, 5.74) is 1.05. The van der Waals surface area contributed by atoms with Gasteiger partial charge < -0.3 is 11.2 Å². The molecule has 1 heterocycles. The van der Waals surface area contributed by atoms with Crippen LogP contribution in [0.5, 0.6) is 0 Å². The molecule has 0 bridgehead atoms. The zero-order valence-electron chi connectivity index (χ0n) is 13.4. The summed E-state index contributed by atoms with van der Waals surface area (Å²) in [6.07, 6.45) is 0. The third-order valence-electron chi connectivity index (χ3n) is 3.37. The van der Waals surface area contributed by atoms with Gasteiger partial charge in [0.1, 0.15) is 0 Å². The number of hydrogen-bond donors (Lipinski definition) is 2. The maximum atomic E-state index is 12.1. The van der Waals surface area contributed by atoms with Gasteiger partial charge in [-0.3, -0.25) is 4.79 Å². The van der Waals surface area contributed by atoms with Crippen molar-refractivity contribution >= 4 is 69.8 Å². The standard InChI is InChI=1S/C16H11Cl4N5OS/c17-8-1-3-10(11(19)5-8)15-23-24-16(25(15)21)27-7-14(26)22-13-4-2-9(18)6-12(13)20/h1-6H,7,21H2,(H,22,26). The van der Waals surface area contributed by atoms with Crippen molar-refractivity contribution in [3.05, 3.63) is 56.5 Å². The van der Waals surface area contributed by atoms with E-state index in [4.69, 9.17) is 52.2 Å². The lowest BCUT2D eigenvalue weighted by atomic mass is 10.2. The second-order valence-electron chi connectivity index (χ2n) is 5.26. The number of amides is 1. The molecule has 3 rings (SSSR count). The Morgan fingerprint density at radius 2 is 1.70 bits per heavy atom. The van der Waals surface area contributed by atoms with Crippen LogP contribution in [0.25, 0.3) is 11.4 Å². The zero-order valence-corrected chi connectivity index (χ0v) is 17.3. The van der Waals surface area contributed by atoms with Gasteiger partial charge in [0.25, 0.3) is 0 Å². The topological polar surface area (TPSA) is 85.8 Å². The van der Waals surface area contributed by atoms with Gasteiger partial charge in [-0.25, -0.2) is 4.68 Å². The number of carbonyl (C=O) groups excluding carboxylic acids is 1. The van der Waals surface area contributed by atoms with Crippen molar-refractivity contribution in [1.82, 2.24) is 14.9 Å². The van der Waals surface area contributed by atoms with Crippen molar-refractivity contribution in [2.24, 2.45) is 0 Å². The number of hydrogen-bond acceptors (Lipinski definition) is 5. The molecule has 0 saturated heterocycles. The number of rotatable bonds is 5. The molecule has 0 aliphatic rings. The van der Waals surface area contributed by atoms with E-state index >= 15 is 0 Å². The van der Waals surface area contributed by atoms with Gasteiger partial charge in [0.05, 0.1) is 21.5 Å². The van der Waals surface area contributed by atoms with Crippen LogP contribution >= 0.6 is 58.2 Å². The average molecular weight is 463 g/mol. The lowest BCUT2D eigenvalue weighted by molar-refractivity contribution is -0.113. The first-order valence-corrected chi connectivity index (χ1v) is 9.88. The first kappa shape index (κ1) is 20.1. The number of halogens is 4. The highest BCUT2D eigenvalue weighted by molar-refractivity contribution is 7.99. The Bertz CT molecular complexity index is 1010. The van der Waals surface area contributed by atoms with Gasteiger partial charge in [-0.05, 0) is 36.4 Å². The molecule has 0 fully saturated rings. The summed E-state index contributed by atoms with van der Waals surface area (Å²) in [5.74, 6) is 6.17. The molecule has 2 aromatic carbocycles. The fourth-order valence-corrected chi connectivity index (χ4v) is 3.74. The van der Waals surface area contributed by atoms with Gasteiger partial charge in [0, 0.05) is 15.6 Å². The fraction of sp³-hybridized carbons (Fsp3) is 0.0625. The molecule has 0 atom stereocenters. The number of thioether (sulfide) groups is 1. The molecule has 0 unspecified atom stereocenters. The van der Waals surface area contributed by atoms with Crippen LogP contribution in [-0.4, -0.2) is 26.5 Å². The predicted octanol–water partition coefficient (Wildman–Crippen LogP) is 5.00. The Balaban J connectivity index is 1.68. The van der Waals surface area contributed by atoms with Crippen molar-refractivity contribution in [3.8, 4) is 11.4 Å². The van der Waals surface area contributed by atoms with Crippen LogP contribution in [-0.2, 0) is 4.79 Å². The highest BCUT2D eigenvalue weighted by Crippen LogP contribution is 2.30. The van der Waals surface area contributed by atoms with E-state index in [0.29, 0.717) is 42.3 Å². The fourth-order valence-electron chi connectivity index (χ4n) is 2.14. The van der Waals surface area contributed by atoms with Crippen LogP contribution in [0, 0.1) is 0 Å². The van der Waals surface area contributed by atoms with Crippen LogP contribution in [0.2, 0.25) is 20.1 Å². The number of nitrogens with one attached hydrogen (secondary N) is 1. The van der Waals surface area contributed by atoms with E-state index in [-0.39, 0.29) is 11.7 Å². The quantitative estimate of drug-likeness (QED) is 0.411. The third-order valence-corrected chi connectivity index (χ3v) is 5.41. The zero-order chi connectivity index (χ0) is 19.6. The van der Waals surface area contributed by atoms with Crippen LogP contribution in [0.3, 0.4) is 0 Å². The lowest BCUT2D eigenvalue weighted by Crippen LogP contribution is -2.16. The summed E-state index contributed by atoms with van der Waals surface area (Å²) in [4.78, 5) is 12.1. The maximum absolute atomic E-state index is 12.1. The summed E-state index contributed by atoms with van der Waals surface area (Å²) >= 11 is 25.1. The number of nitrogens with zero attached hydrogens (tertiary/aromatic N) is 3. The minimum atomic E-state index is -0.279. The second-order valence-corrected chi connectivity index (χ2v) is 7.89. The van der Waals surface area contributed by atoms with Gasteiger partial charge in [-0.1, -0.05) is 58.2 Å². The van der Waals surface area contributed by atoms with Crippen LogP contribution in [0.1, 0.15) is 0 Å². The van der Waals surface area contributed by atoms with E-state index in [1.165, 1.54) is 4.68 Å². The van der Waals surface area contributed by atoms with Crippen molar-refractivity contribution in [1.29, 1.82) is 0 Å². The van der Waals surface area contributed by atoms with Crippen LogP contribution < -0.4 is 11.2 Å². The Morgan fingerprint density at radius 3 is 2.37 bits per heavy atom. The molecule has 6 nitrogen and oxygen atoms in total. The largest absolute Gasteiger partial charge is 0.335 e. The molecule has 27 heavy (non-hydrogen) atoms. The molecule has 1 amide bonds. The molecule has 0 aliphatic heterocycles. The highest BCUT2D eigenvalue weighted by atomic mass is 35.5. The summed E-state index contributed by atoms with van der Waals surface area (Å²) in [6, 6.07) is 9.76. The highest BCUT2D eigenvalue weighted by Gasteiger charge is 2.16. The number of nitrogens with two attached hydrogens (primary N) is 1. The van der Waals surface area contributed by atoms with Crippen molar-refractivity contribution in [2.75, 3.05) is 16.9 Å². The van der Waals surface area contributed by atoms with Gasteiger partial charge in [-0.2, -0.15) is 0 Å². The third kappa shape index (κ3) is 4.80. The summed E-state index contributed by atoms with van der Waals surface area (Å²) < 4.78 is 1.27. The monoisotopic (exact) mass is 461 g/mol. The summed E-state index contributed by atoms with van der Waals surface area (Å²) in [5, 5.41) is 12.8. The number of carbonyl (C=O) groups is 1. The van der Waals surface area contributed by atoms with E-state index < -0.39 is 0 Å². The summed E-state index contributed by atoms with van der Waals surface area (Å²) in [7, 11) is 0. The molecule has 11 heteroatoms. The Kier molecular flexibility index (Phi) is 6.39. The second kappa shape index (κ2) is 8.58. The van der Waals surface area contributed by atoms with Gasteiger partial charge in [0.15, 0.2) is 5.82 Å². The number of nitrogen functional groups attached to an aromatic ring is 1. The average Bonchev–Trinajstić information content (AvgIpc) is 2.96. The molecule has 1 aromatic heterocycles. The van der Waals surface area contributed by atoms with E-state index in [1.807, 2.05) is 0 Å². The summed E-state index contributed by atoms with van der Waals surface area (Å²) in [6.45, 7) is 0. The predicted molar refractivity (Wildman–Crippen MR) is 111 cm³/mol. The maximum Gasteiger partial charge on any atom is 0.234 e. The van der Waals surface area contributed by atoms with Gasteiger partial charge in [-0.15, -0.1) is 10.2 Å². The number of anilines is 1. The SMILES string of the molecule is Nn1c(SCC(=O)Nc2ccc(Cl)cc2Cl)nnc1-c1ccc(Cl)cc1Cl. The van der Waals surface area contributed by atoms with Crippen molar-refractivity contribution in [2.45, 2.75) is 5.16 Å². The molecule has 0 aliphatic carbocycles. The molecule has 0 spiro atoms. The van der Waals surface area contributed by atoms with E-state index in [2.05, 4.69) is 15.5 Å². The first-order chi connectivity index (χ1) is 12.8. The normalized spacial score (nSPS) is 10.8. The number of benzene rings is 2. The molecule has 0 saturated carbocycles. The Morgan fingerprint density at radius 1 is 1.04 bits per heavy atom. The van der Waals surface area contributed by atoms with Gasteiger partial charge >= 0.3 is 0 Å². The van der Waals surface area contributed by atoms with Gasteiger partial charge in [0.2, 0.25) is 11.1 Å². The van der Waals surface area contributed by atoms with Crippen molar-refractivity contribution in [3.63, 3.8) is 0 Å². The smallest absolute Gasteiger partial charge is 0.234 e. The van der Waals surface area contributed by atoms with Crippen LogP contribution in [0.15, 0.2) is 41.6 Å². The molecule has 3 N–H and O–H groups in total. The Labute approximate surface area is 178 Å². The first-order valence-electron chi connectivity index (χ1n) is 7.39. The Hall–Kier alpha value is -1.64. The van der Waals surface area contributed by atoms with E-state index in [1.54, 1.807) is 36.4 Å². The molecular weight excluding hydrogens is 452 g/mol. The van der Waals surface area contributed by atoms with E-state index in [9.17, 15) is 4.79 Å². The van der Waals surface area contributed by atoms with Crippen molar-refractivity contribution < 1.29 is 4.79 Å². The minimum absolute atomic E-state index is 0.0582. The van der Waals surface area contributed by atoms with Crippen LogP contribution in [0.4, 0.5) is 5.69 Å². The van der Waals surface area contributed by atoms with E-state index in [0.717, 1.165) is 11.8 Å². The molecule has 3 aromatic rings. The molecule has 0 radical (unpaired) electrons. The lowest BCUT2D eigenvalue weighted by Gasteiger charge is -2.08. The minimum Gasteiger partial charge on any atom is -0.335 e. The molecule has 140 valence electrons.